The lowest BCUT2D eigenvalue weighted by molar-refractivity contribution is -0.132. The summed E-state index contributed by atoms with van der Waals surface area (Å²) in [6, 6.07) is 8.52. The van der Waals surface area contributed by atoms with Gasteiger partial charge >= 0.3 is 0 Å². The molecule has 2 heterocycles. The minimum Gasteiger partial charge on any atom is -0.337 e. The number of nitrogens with zero attached hydrogens (tertiary/aromatic N) is 2. The number of hydrogen-bond donors (Lipinski definition) is 0. The third-order valence-corrected chi connectivity index (χ3v) is 6.04. The zero-order chi connectivity index (χ0) is 14.3. The predicted molar refractivity (Wildman–Crippen MR) is 74.5 cm³/mol. The number of amides is 1. The van der Waals surface area contributed by atoms with Gasteiger partial charge in [-0.05, 0) is 18.6 Å². The van der Waals surface area contributed by atoms with E-state index in [4.69, 9.17) is 0 Å². The van der Waals surface area contributed by atoms with Gasteiger partial charge in [-0.25, -0.2) is 8.42 Å². The maximum atomic E-state index is 12.6. The van der Waals surface area contributed by atoms with Crippen molar-refractivity contribution in [2.45, 2.75) is 24.3 Å². The first-order valence-corrected chi connectivity index (χ1v) is 8.30. The Bertz CT molecular complexity index is 615. The van der Waals surface area contributed by atoms with Crippen LogP contribution < -0.4 is 0 Å². The van der Waals surface area contributed by atoms with E-state index in [1.807, 2.05) is 11.8 Å². The molecule has 0 radical (unpaired) electrons. The summed E-state index contributed by atoms with van der Waals surface area (Å²) in [6.45, 7) is 3.20. The molecule has 1 unspecified atom stereocenters. The summed E-state index contributed by atoms with van der Waals surface area (Å²) in [5.41, 5.74) is 0. The average Bonchev–Trinajstić information content (AvgIpc) is 2.74. The largest absolute Gasteiger partial charge is 0.337 e. The van der Waals surface area contributed by atoms with Crippen LogP contribution >= 0.6 is 0 Å². The maximum absolute atomic E-state index is 12.6. The molecule has 1 aromatic carbocycles. The van der Waals surface area contributed by atoms with Gasteiger partial charge in [0, 0.05) is 31.6 Å². The first kappa shape index (κ1) is 13.6. The number of sulfonamides is 1. The lowest BCUT2D eigenvalue weighted by atomic mass is 10.1. The Morgan fingerprint density at radius 2 is 1.85 bits per heavy atom. The highest BCUT2D eigenvalue weighted by molar-refractivity contribution is 7.89. The Hall–Kier alpha value is -1.40. The fourth-order valence-corrected chi connectivity index (χ4v) is 4.56. The molecule has 2 saturated heterocycles. The standard InChI is InChI=1S/C14H18N2O3S/c1-11-9-12-10-15(7-8-16(12)14(11)17)20(18,19)13-5-3-2-4-6-13/h2-6,11-12H,7-10H2,1H3/t11-,12?/m0/s1. The van der Waals surface area contributed by atoms with Crippen LogP contribution in [0.4, 0.5) is 0 Å². The summed E-state index contributed by atoms with van der Waals surface area (Å²) in [5, 5.41) is 0. The van der Waals surface area contributed by atoms with Crippen LogP contribution in [-0.4, -0.2) is 49.2 Å². The van der Waals surface area contributed by atoms with E-state index in [1.54, 1.807) is 30.3 Å². The van der Waals surface area contributed by atoms with Gasteiger partial charge in [0.2, 0.25) is 15.9 Å². The highest BCUT2D eigenvalue weighted by atomic mass is 32.2. The van der Waals surface area contributed by atoms with Gasteiger partial charge in [0.25, 0.3) is 0 Å². The number of rotatable bonds is 2. The maximum Gasteiger partial charge on any atom is 0.243 e. The van der Waals surface area contributed by atoms with Gasteiger partial charge < -0.3 is 4.90 Å². The van der Waals surface area contributed by atoms with Crippen molar-refractivity contribution in [2.75, 3.05) is 19.6 Å². The van der Waals surface area contributed by atoms with E-state index in [0.29, 0.717) is 24.5 Å². The van der Waals surface area contributed by atoms with Crippen molar-refractivity contribution >= 4 is 15.9 Å². The second-order valence-corrected chi connectivity index (χ2v) is 7.44. The quantitative estimate of drug-likeness (QED) is 0.815. The molecule has 0 saturated carbocycles. The molecule has 0 aromatic heterocycles. The molecule has 3 rings (SSSR count). The van der Waals surface area contributed by atoms with E-state index in [1.165, 1.54) is 4.31 Å². The van der Waals surface area contributed by atoms with E-state index in [0.717, 1.165) is 6.42 Å². The van der Waals surface area contributed by atoms with E-state index in [2.05, 4.69) is 0 Å². The third-order valence-electron chi connectivity index (χ3n) is 4.16. The molecule has 2 fully saturated rings. The number of hydrogen-bond acceptors (Lipinski definition) is 3. The molecule has 0 bridgehead atoms. The second-order valence-electron chi connectivity index (χ2n) is 5.50. The van der Waals surface area contributed by atoms with Crippen molar-refractivity contribution in [3.8, 4) is 0 Å². The number of carbonyl (C=O) groups excluding carboxylic acids is 1. The van der Waals surface area contributed by atoms with Crippen LogP contribution in [0, 0.1) is 5.92 Å². The number of benzene rings is 1. The first-order valence-electron chi connectivity index (χ1n) is 6.86. The summed E-state index contributed by atoms with van der Waals surface area (Å²) in [4.78, 5) is 14.1. The van der Waals surface area contributed by atoms with Crippen LogP contribution in [-0.2, 0) is 14.8 Å². The van der Waals surface area contributed by atoms with Crippen LogP contribution in [0.15, 0.2) is 35.2 Å². The predicted octanol–water partition coefficient (Wildman–Crippen LogP) is 0.928. The molecule has 1 aromatic rings. The molecule has 2 aliphatic heterocycles. The Balaban J connectivity index is 1.82. The zero-order valence-electron chi connectivity index (χ0n) is 11.4. The van der Waals surface area contributed by atoms with Gasteiger partial charge in [-0.1, -0.05) is 25.1 Å². The zero-order valence-corrected chi connectivity index (χ0v) is 12.2. The molecule has 2 aliphatic rings. The lowest BCUT2D eigenvalue weighted by Crippen LogP contribution is -2.53. The van der Waals surface area contributed by atoms with E-state index < -0.39 is 10.0 Å². The Kier molecular flexibility index (Phi) is 3.30. The van der Waals surface area contributed by atoms with Crippen molar-refractivity contribution in [1.29, 1.82) is 0 Å². The Morgan fingerprint density at radius 3 is 2.55 bits per heavy atom. The molecule has 2 atom stereocenters. The smallest absolute Gasteiger partial charge is 0.243 e. The molecular weight excluding hydrogens is 276 g/mol. The minimum atomic E-state index is -3.44. The molecule has 20 heavy (non-hydrogen) atoms. The van der Waals surface area contributed by atoms with Crippen LogP contribution in [0.3, 0.4) is 0 Å². The highest BCUT2D eigenvalue weighted by Gasteiger charge is 2.42. The Morgan fingerprint density at radius 1 is 1.15 bits per heavy atom. The lowest BCUT2D eigenvalue weighted by Gasteiger charge is -2.36. The summed E-state index contributed by atoms with van der Waals surface area (Å²) >= 11 is 0. The Labute approximate surface area is 119 Å². The molecule has 0 spiro atoms. The molecule has 5 nitrogen and oxygen atoms in total. The fraction of sp³-hybridized carbons (Fsp3) is 0.500. The normalized spacial score (nSPS) is 27.6. The third kappa shape index (κ3) is 2.13. The van der Waals surface area contributed by atoms with Gasteiger partial charge in [0.15, 0.2) is 0 Å². The second kappa shape index (κ2) is 4.86. The van der Waals surface area contributed by atoms with Crippen molar-refractivity contribution in [2.24, 2.45) is 5.92 Å². The topological polar surface area (TPSA) is 57.7 Å². The highest BCUT2D eigenvalue weighted by Crippen LogP contribution is 2.29. The molecule has 1 amide bonds. The van der Waals surface area contributed by atoms with Crippen molar-refractivity contribution in [1.82, 2.24) is 9.21 Å². The first-order chi connectivity index (χ1) is 9.50. The monoisotopic (exact) mass is 294 g/mol. The van der Waals surface area contributed by atoms with Gasteiger partial charge in [0.05, 0.1) is 4.90 Å². The summed E-state index contributed by atoms with van der Waals surface area (Å²) in [5.74, 6) is 0.172. The summed E-state index contributed by atoms with van der Waals surface area (Å²) in [7, 11) is -3.44. The number of fused-ring (bicyclic) bond motifs is 1. The molecule has 0 N–H and O–H groups in total. The van der Waals surface area contributed by atoms with Gasteiger partial charge in [-0.3, -0.25) is 4.79 Å². The molecular formula is C14H18N2O3S. The fourth-order valence-electron chi connectivity index (χ4n) is 3.07. The molecule has 0 aliphatic carbocycles. The van der Waals surface area contributed by atoms with E-state index in [-0.39, 0.29) is 17.9 Å². The van der Waals surface area contributed by atoms with Crippen LogP contribution in [0.5, 0.6) is 0 Å². The van der Waals surface area contributed by atoms with Crippen molar-refractivity contribution in [3.05, 3.63) is 30.3 Å². The van der Waals surface area contributed by atoms with Crippen LogP contribution in [0.1, 0.15) is 13.3 Å². The molecule has 6 heteroatoms. The minimum absolute atomic E-state index is 0.0133. The summed E-state index contributed by atoms with van der Waals surface area (Å²) < 4.78 is 26.6. The van der Waals surface area contributed by atoms with Crippen LogP contribution in [0.25, 0.3) is 0 Å². The SMILES string of the molecule is C[C@H]1CC2CN(S(=O)(=O)c3ccccc3)CCN2C1=O. The van der Waals surface area contributed by atoms with Crippen molar-refractivity contribution < 1.29 is 13.2 Å². The number of carbonyl (C=O) groups is 1. The summed E-state index contributed by atoms with van der Waals surface area (Å²) in [6.07, 6.45) is 0.750. The average molecular weight is 294 g/mol. The van der Waals surface area contributed by atoms with E-state index in [9.17, 15) is 13.2 Å². The van der Waals surface area contributed by atoms with E-state index >= 15 is 0 Å². The van der Waals surface area contributed by atoms with Gasteiger partial charge in [-0.15, -0.1) is 0 Å². The van der Waals surface area contributed by atoms with Gasteiger partial charge in [0.1, 0.15) is 0 Å². The van der Waals surface area contributed by atoms with Gasteiger partial charge in [-0.2, -0.15) is 4.31 Å². The van der Waals surface area contributed by atoms with Crippen LogP contribution in [0.2, 0.25) is 0 Å². The molecule has 108 valence electrons. The number of piperazine rings is 1. The van der Waals surface area contributed by atoms with Crippen molar-refractivity contribution in [3.63, 3.8) is 0 Å².